The van der Waals surface area contributed by atoms with Gasteiger partial charge in [-0.3, -0.25) is 0 Å². The van der Waals surface area contributed by atoms with Crippen molar-refractivity contribution in [2.45, 2.75) is 23.4 Å². The fourth-order valence-electron chi connectivity index (χ4n) is 2.80. The van der Waals surface area contributed by atoms with Gasteiger partial charge in [0.25, 0.3) is 0 Å². The fraction of sp³-hybridized carbons (Fsp3) is 0.500. The summed E-state index contributed by atoms with van der Waals surface area (Å²) in [5.74, 6) is 0.306. The van der Waals surface area contributed by atoms with Crippen molar-refractivity contribution in [3.05, 3.63) is 29.8 Å². The maximum absolute atomic E-state index is 12.0. The van der Waals surface area contributed by atoms with Gasteiger partial charge >= 0.3 is 0 Å². The van der Waals surface area contributed by atoms with Crippen LogP contribution in [0.4, 0.5) is 0 Å². The molecule has 0 amide bonds. The van der Waals surface area contributed by atoms with Crippen LogP contribution >= 0.6 is 0 Å². The standard InChI is InChI=1S/C12H15NO4S2/c14-18(15)6-5-9(7-18)13-11-8-19(16,17)12-4-2-1-3-10(11)12/h1-4,9,11,13H,5-8H2. The summed E-state index contributed by atoms with van der Waals surface area (Å²) in [7, 11) is -6.19. The van der Waals surface area contributed by atoms with Crippen LogP contribution < -0.4 is 5.32 Å². The summed E-state index contributed by atoms with van der Waals surface area (Å²) in [4.78, 5) is 0.369. The van der Waals surface area contributed by atoms with Gasteiger partial charge < -0.3 is 5.32 Å². The minimum absolute atomic E-state index is 0.0168. The first-order valence-electron chi connectivity index (χ1n) is 6.15. The molecule has 2 aliphatic rings. The van der Waals surface area contributed by atoms with Gasteiger partial charge in [-0.2, -0.15) is 0 Å². The van der Waals surface area contributed by atoms with E-state index in [0.717, 1.165) is 5.56 Å². The topological polar surface area (TPSA) is 80.3 Å². The summed E-state index contributed by atoms with van der Waals surface area (Å²) >= 11 is 0. The number of benzene rings is 1. The molecule has 1 aromatic carbocycles. The van der Waals surface area contributed by atoms with Crippen LogP contribution in [0.2, 0.25) is 0 Å². The molecule has 2 unspecified atom stereocenters. The first-order valence-corrected chi connectivity index (χ1v) is 9.63. The summed E-state index contributed by atoms with van der Waals surface area (Å²) < 4.78 is 46.9. The van der Waals surface area contributed by atoms with E-state index in [9.17, 15) is 16.8 Å². The molecule has 0 bridgehead atoms. The first kappa shape index (κ1) is 13.1. The number of nitrogens with one attached hydrogen (secondary N) is 1. The average molecular weight is 301 g/mol. The Morgan fingerprint density at radius 3 is 2.47 bits per heavy atom. The van der Waals surface area contributed by atoms with E-state index in [1.165, 1.54) is 0 Å². The first-order chi connectivity index (χ1) is 8.87. The molecule has 0 spiro atoms. The summed E-state index contributed by atoms with van der Waals surface area (Å²) in [5.41, 5.74) is 0.756. The van der Waals surface area contributed by atoms with Crippen molar-refractivity contribution in [3.8, 4) is 0 Å². The molecule has 104 valence electrons. The third-order valence-electron chi connectivity index (χ3n) is 3.68. The Morgan fingerprint density at radius 1 is 1.05 bits per heavy atom. The summed E-state index contributed by atoms with van der Waals surface area (Å²) in [6.45, 7) is 0. The second-order valence-electron chi connectivity index (χ2n) is 5.14. The molecule has 1 saturated heterocycles. The lowest BCUT2D eigenvalue weighted by atomic mass is 10.1. The predicted molar refractivity (Wildman–Crippen MR) is 71.4 cm³/mol. The fourth-order valence-corrected chi connectivity index (χ4v) is 6.24. The highest BCUT2D eigenvalue weighted by molar-refractivity contribution is 7.92. The van der Waals surface area contributed by atoms with E-state index >= 15 is 0 Å². The van der Waals surface area contributed by atoms with Crippen molar-refractivity contribution >= 4 is 19.7 Å². The quantitative estimate of drug-likeness (QED) is 0.849. The number of rotatable bonds is 2. The molecule has 3 rings (SSSR count). The van der Waals surface area contributed by atoms with Gasteiger partial charge in [0.05, 0.1) is 22.2 Å². The molecular formula is C12H15NO4S2. The molecule has 7 heteroatoms. The van der Waals surface area contributed by atoms with E-state index in [-0.39, 0.29) is 29.3 Å². The van der Waals surface area contributed by atoms with Crippen LogP contribution in [-0.2, 0) is 19.7 Å². The molecule has 2 atom stereocenters. The van der Waals surface area contributed by atoms with Crippen LogP contribution in [0.25, 0.3) is 0 Å². The molecule has 1 N–H and O–H groups in total. The van der Waals surface area contributed by atoms with Crippen LogP contribution in [0.3, 0.4) is 0 Å². The Balaban J connectivity index is 1.85. The van der Waals surface area contributed by atoms with Crippen LogP contribution in [0, 0.1) is 0 Å². The number of hydrogen-bond donors (Lipinski definition) is 1. The zero-order chi connectivity index (χ0) is 13.7. The molecule has 2 aliphatic heterocycles. The summed E-state index contributed by atoms with van der Waals surface area (Å²) in [6.07, 6.45) is 0.557. The molecule has 1 aromatic rings. The molecule has 0 saturated carbocycles. The van der Waals surface area contributed by atoms with E-state index < -0.39 is 19.7 Å². The smallest absolute Gasteiger partial charge is 0.180 e. The molecule has 0 aromatic heterocycles. The molecular weight excluding hydrogens is 286 g/mol. The average Bonchev–Trinajstić information content (AvgIpc) is 2.79. The zero-order valence-corrected chi connectivity index (χ0v) is 11.9. The van der Waals surface area contributed by atoms with Crippen LogP contribution in [0.15, 0.2) is 29.2 Å². The monoisotopic (exact) mass is 301 g/mol. The SMILES string of the molecule is O=S1(=O)CCC(NC2CS(=O)(=O)c3ccccc32)C1. The van der Waals surface area contributed by atoms with Gasteiger partial charge in [0.15, 0.2) is 19.7 Å². The van der Waals surface area contributed by atoms with Gasteiger partial charge in [-0.1, -0.05) is 18.2 Å². The molecule has 1 fully saturated rings. The van der Waals surface area contributed by atoms with E-state index in [0.29, 0.717) is 11.3 Å². The van der Waals surface area contributed by atoms with Crippen molar-refractivity contribution in [1.82, 2.24) is 5.32 Å². The number of sulfone groups is 2. The second kappa shape index (κ2) is 4.29. The highest BCUT2D eigenvalue weighted by Crippen LogP contribution is 2.33. The zero-order valence-electron chi connectivity index (χ0n) is 10.2. The molecule has 5 nitrogen and oxygen atoms in total. The van der Waals surface area contributed by atoms with Crippen molar-refractivity contribution < 1.29 is 16.8 Å². The number of fused-ring (bicyclic) bond motifs is 1. The normalized spacial score (nSPS) is 31.2. The molecule has 0 aliphatic carbocycles. The third-order valence-corrected chi connectivity index (χ3v) is 7.27. The van der Waals surface area contributed by atoms with Gasteiger partial charge in [-0.05, 0) is 18.1 Å². The molecule has 0 radical (unpaired) electrons. The van der Waals surface area contributed by atoms with Crippen LogP contribution in [0.1, 0.15) is 18.0 Å². The van der Waals surface area contributed by atoms with E-state index in [2.05, 4.69) is 5.32 Å². The van der Waals surface area contributed by atoms with Crippen LogP contribution in [-0.4, -0.2) is 40.1 Å². The van der Waals surface area contributed by atoms with E-state index in [1.807, 2.05) is 0 Å². The van der Waals surface area contributed by atoms with Crippen molar-refractivity contribution in [3.63, 3.8) is 0 Å². The minimum atomic E-state index is -3.24. The Labute approximate surface area is 112 Å². The second-order valence-corrected chi connectivity index (χ2v) is 9.37. The summed E-state index contributed by atoms with van der Waals surface area (Å²) in [5, 5.41) is 3.19. The van der Waals surface area contributed by atoms with E-state index in [4.69, 9.17) is 0 Å². The van der Waals surface area contributed by atoms with Crippen molar-refractivity contribution in [1.29, 1.82) is 0 Å². The lowest BCUT2D eigenvalue weighted by molar-refractivity contribution is 0.487. The lowest BCUT2D eigenvalue weighted by Crippen LogP contribution is -2.34. The maximum atomic E-state index is 12.0. The van der Waals surface area contributed by atoms with Gasteiger partial charge in [0, 0.05) is 12.1 Å². The highest BCUT2D eigenvalue weighted by Gasteiger charge is 2.37. The Bertz CT molecular complexity index is 709. The van der Waals surface area contributed by atoms with Gasteiger partial charge in [-0.25, -0.2) is 16.8 Å². The van der Waals surface area contributed by atoms with Crippen LogP contribution in [0.5, 0.6) is 0 Å². The van der Waals surface area contributed by atoms with Gasteiger partial charge in [-0.15, -0.1) is 0 Å². The third kappa shape index (κ3) is 2.42. The molecule has 2 heterocycles. The minimum Gasteiger partial charge on any atom is -0.305 e. The largest absolute Gasteiger partial charge is 0.305 e. The van der Waals surface area contributed by atoms with Gasteiger partial charge in [0.1, 0.15) is 0 Å². The Kier molecular flexibility index (Phi) is 2.95. The Hall–Kier alpha value is -0.920. The van der Waals surface area contributed by atoms with E-state index in [1.54, 1.807) is 24.3 Å². The predicted octanol–water partition coefficient (Wildman–Crippen LogP) is 0.292. The van der Waals surface area contributed by atoms with Crippen molar-refractivity contribution in [2.75, 3.05) is 17.3 Å². The number of hydrogen-bond acceptors (Lipinski definition) is 5. The lowest BCUT2D eigenvalue weighted by Gasteiger charge is -2.17. The molecule has 19 heavy (non-hydrogen) atoms. The van der Waals surface area contributed by atoms with Crippen molar-refractivity contribution in [2.24, 2.45) is 0 Å². The maximum Gasteiger partial charge on any atom is 0.180 e. The summed E-state index contributed by atoms with van der Waals surface area (Å²) in [6, 6.07) is 6.48. The van der Waals surface area contributed by atoms with Gasteiger partial charge in [0.2, 0.25) is 0 Å². The Morgan fingerprint density at radius 2 is 1.79 bits per heavy atom. The highest BCUT2D eigenvalue weighted by atomic mass is 32.2.